The monoisotopic (exact) mass is 320 g/mol. The second-order valence-corrected chi connectivity index (χ2v) is 2.31. The van der Waals surface area contributed by atoms with E-state index in [1.54, 1.807) is 0 Å². The standard InChI is InChI=1S/C9H9O.Re/c1-8-2-4-9(5-3-8)6-7-10;/h2-5H,6H2,1H3;/q-1;. The van der Waals surface area contributed by atoms with Crippen molar-refractivity contribution in [1.82, 2.24) is 0 Å². The van der Waals surface area contributed by atoms with Gasteiger partial charge in [-0.15, -0.1) is 6.42 Å². The van der Waals surface area contributed by atoms with Crippen molar-refractivity contribution in [3.8, 4) is 0 Å². The van der Waals surface area contributed by atoms with E-state index in [2.05, 4.69) is 0 Å². The van der Waals surface area contributed by atoms with Gasteiger partial charge in [0.1, 0.15) is 0 Å². The first kappa shape index (κ1) is 10.6. The van der Waals surface area contributed by atoms with Gasteiger partial charge in [0.2, 0.25) is 0 Å². The number of benzene rings is 1. The molecule has 0 heterocycles. The summed E-state index contributed by atoms with van der Waals surface area (Å²) in [7, 11) is 0. The molecule has 0 aliphatic carbocycles. The van der Waals surface area contributed by atoms with Crippen molar-refractivity contribution in [2.45, 2.75) is 13.3 Å². The van der Waals surface area contributed by atoms with Gasteiger partial charge in [-0.05, 0) is 6.92 Å². The van der Waals surface area contributed by atoms with E-state index >= 15 is 0 Å². The van der Waals surface area contributed by atoms with Crippen LogP contribution in [0.25, 0.3) is 0 Å². The van der Waals surface area contributed by atoms with Gasteiger partial charge in [-0.2, -0.15) is 0 Å². The Labute approximate surface area is 80.5 Å². The zero-order valence-corrected chi connectivity index (χ0v) is 9.02. The summed E-state index contributed by atoms with van der Waals surface area (Å²) in [5, 5.41) is 0. The van der Waals surface area contributed by atoms with Gasteiger partial charge in [0, 0.05) is 20.4 Å². The predicted octanol–water partition coefficient (Wildman–Crippen LogP) is 1.64. The third-order valence-corrected chi connectivity index (χ3v) is 1.40. The van der Waals surface area contributed by atoms with Gasteiger partial charge in [0.05, 0.1) is 0 Å². The third kappa shape index (κ3) is 3.46. The fourth-order valence-corrected chi connectivity index (χ4v) is 0.789. The molecule has 0 N–H and O–H groups in total. The maximum Gasteiger partial charge on any atom is 0 e. The largest absolute Gasteiger partial charge is 0.541 e. The maximum absolute atomic E-state index is 9.93. The first-order valence-electron chi connectivity index (χ1n) is 3.23. The Morgan fingerprint density at radius 1 is 1.27 bits per heavy atom. The van der Waals surface area contributed by atoms with Crippen LogP contribution in [0.2, 0.25) is 0 Å². The van der Waals surface area contributed by atoms with Crippen LogP contribution in [0.1, 0.15) is 11.1 Å². The van der Waals surface area contributed by atoms with Crippen molar-refractivity contribution in [2.24, 2.45) is 0 Å². The van der Waals surface area contributed by atoms with Crippen molar-refractivity contribution < 1.29 is 25.2 Å². The second kappa shape index (κ2) is 5.24. The number of rotatable bonds is 2. The summed E-state index contributed by atoms with van der Waals surface area (Å²) in [6, 6.07) is 7.87. The molecule has 1 aromatic carbocycles. The van der Waals surface area contributed by atoms with Crippen LogP contribution in [-0.4, -0.2) is 6.29 Å². The van der Waals surface area contributed by atoms with Gasteiger partial charge >= 0.3 is 0 Å². The van der Waals surface area contributed by atoms with Crippen molar-refractivity contribution in [3.05, 3.63) is 35.4 Å². The van der Waals surface area contributed by atoms with E-state index in [0.29, 0.717) is 6.42 Å². The van der Waals surface area contributed by atoms with E-state index in [4.69, 9.17) is 0 Å². The molecule has 0 amide bonds. The number of hydrogen-bond donors (Lipinski definition) is 0. The number of aryl methyl sites for hydroxylation is 1. The zero-order chi connectivity index (χ0) is 7.40. The van der Waals surface area contributed by atoms with E-state index < -0.39 is 0 Å². The fourth-order valence-electron chi connectivity index (χ4n) is 0.789. The molecule has 0 fully saturated rings. The SMILES string of the molecule is Cc1ccc(C[C-]=O)cc1.[Re]. The van der Waals surface area contributed by atoms with Gasteiger partial charge in [-0.3, -0.25) is 6.29 Å². The maximum atomic E-state index is 9.93. The van der Waals surface area contributed by atoms with Crippen molar-refractivity contribution in [3.63, 3.8) is 0 Å². The van der Waals surface area contributed by atoms with Crippen LogP contribution in [0.5, 0.6) is 0 Å². The van der Waals surface area contributed by atoms with Gasteiger partial charge < -0.3 is 4.79 Å². The third-order valence-electron chi connectivity index (χ3n) is 1.40. The molecule has 0 unspecified atom stereocenters. The van der Waals surface area contributed by atoms with Gasteiger partial charge in [-0.1, -0.05) is 35.4 Å². The van der Waals surface area contributed by atoms with Crippen LogP contribution < -0.4 is 0 Å². The average molecular weight is 319 g/mol. The first-order valence-corrected chi connectivity index (χ1v) is 3.23. The molecular formula is C9H9ORe-. The first-order chi connectivity index (χ1) is 4.83. The van der Waals surface area contributed by atoms with E-state index in [1.165, 1.54) is 5.56 Å². The molecule has 0 atom stereocenters. The molecule has 59 valence electrons. The van der Waals surface area contributed by atoms with E-state index in [-0.39, 0.29) is 20.4 Å². The van der Waals surface area contributed by atoms with E-state index in [1.807, 2.05) is 37.5 Å². The van der Waals surface area contributed by atoms with Crippen LogP contribution in [0.4, 0.5) is 0 Å². The Bertz CT molecular complexity index is 216. The molecule has 2 heteroatoms. The molecule has 0 aliphatic heterocycles. The summed E-state index contributed by atoms with van der Waals surface area (Å²) in [6.45, 7) is 2.02. The Morgan fingerprint density at radius 2 is 1.82 bits per heavy atom. The normalized spacial score (nSPS) is 8.45. The van der Waals surface area contributed by atoms with Crippen LogP contribution in [0.3, 0.4) is 0 Å². The summed E-state index contributed by atoms with van der Waals surface area (Å²) in [6.07, 6.45) is 2.26. The Kier molecular flexibility index (Phi) is 5.02. The summed E-state index contributed by atoms with van der Waals surface area (Å²) >= 11 is 0. The number of carbonyl (C=O) groups excluding carboxylic acids is 1. The van der Waals surface area contributed by atoms with Crippen molar-refractivity contribution in [1.29, 1.82) is 0 Å². The van der Waals surface area contributed by atoms with Crippen LogP contribution in [0.15, 0.2) is 24.3 Å². The average Bonchev–Trinajstić information content (AvgIpc) is 1.95. The van der Waals surface area contributed by atoms with Gasteiger partial charge in [0.15, 0.2) is 0 Å². The van der Waals surface area contributed by atoms with E-state index in [9.17, 15) is 4.79 Å². The molecule has 1 radical (unpaired) electrons. The minimum atomic E-state index is 0. The van der Waals surface area contributed by atoms with Crippen molar-refractivity contribution >= 4 is 6.29 Å². The quantitative estimate of drug-likeness (QED) is 0.758. The summed E-state index contributed by atoms with van der Waals surface area (Å²) in [5.74, 6) is 0. The van der Waals surface area contributed by atoms with Crippen LogP contribution in [0, 0.1) is 6.92 Å². The summed E-state index contributed by atoms with van der Waals surface area (Å²) in [4.78, 5) is 9.93. The Hall–Kier alpha value is -0.448. The summed E-state index contributed by atoms with van der Waals surface area (Å²) < 4.78 is 0. The van der Waals surface area contributed by atoms with Crippen LogP contribution >= 0.6 is 0 Å². The number of hydrogen-bond acceptors (Lipinski definition) is 1. The molecule has 0 aromatic heterocycles. The summed E-state index contributed by atoms with van der Waals surface area (Å²) in [5.41, 5.74) is 2.25. The molecular weight excluding hydrogens is 310 g/mol. The minimum Gasteiger partial charge on any atom is -0.541 e. The Balaban J connectivity index is 0.000001000. The minimum absolute atomic E-state index is 0. The molecule has 1 nitrogen and oxygen atoms in total. The molecule has 0 spiro atoms. The molecule has 0 saturated carbocycles. The second-order valence-electron chi connectivity index (χ2n) is 2.31. The van der Waals surface area contributed by atoms with E-state index in [0.717, 1.165) is 5.56 Å². The fraction of sp³-hybridized carbons (Fsp3) is 0.222. The zero-order valence-electron chi connectivity index (χ0n) is 6.30. The molecule has 0 aliphatic rings. The van der Waals surface area contributed by atoms with Gasteiger partial charge in [0.25, 0.3) is 0 Å². The predicted molar refractivity (Wildman–Crippen MR) is 40.6 cm³/mol. The van der Waals surface area contributed by atoms with Crippen molar-refractivity contribution in [2.75, 3.05) is 0 Å². The smallest absolute Gasteiger partial charge is 0 e. The molecule has 1 aromatic rings. The Morgan fingerprint density at radius 3 is 2.27 bits per heavy atom. The molecule has 0 saturated heterocycles. The molecule has 0 bridgehead atoms. The molecule has 1 rings (SSSR count). The topological polar surface area (TPSA) is 17.1 Å². The molecule has 11 heavy (non-hydrogen) atoms. The van der Waals surface area contributed by atoms with Gasteiger partial charge in [-0.25, -0.2) is 0 Å². The van der Waals surface area contributed by atoms with Crippen LogP contribution in [-0.2, 0) is 31.6 Å².